The molecule has 2 aromatic carbocycles. The van der Waals surface area contributed by atoms with Crippen molar-refractivity contribution in [2.75, 3.05) is 7.11 Å². The molecule has 0 atom stereocenters. The lowest BCUT2D eigenvalue weighted by Crippen LogP contribution is -2.27. The minimum atomic E-state index is -0.525. The number of nitrogens with zero attached hydrogens (tertiary/aromatic N) is 2. The third-order valence-electron chi connectivity index (χ3n) is 3.81. The molecule has 1 aliphatic heterocycles. The van der Waals surface area contributed by atoms with E-state index in [2.05, 4.69) is 0 Å². The van der Waals surface area contributed by atoms with E-state index in [-0.39, 0.29) is 17.1 Å². The number of carbonyl (C=O) groups is 2. The zero-order valence-electron chi connectivity index (χ0n) is 14.0. The quantitative estimate of drug-likeness (QED) is 0.414. The first-order chi connectivity index (χ1) is 12.9. The van der Waals surface area contributed by atoms with Gasteiger partial charge in [-0.25, -0.2) is 0 Å². The molecule has 27 heavy (non-hydrogen) atoms. The van der Waals surface area contributed by atoms with Gasteiger partial charge in [-0.05, 0) is 41.6 Å². The van der Waals surface area contributed by atoms with Crippen molar-refractivity contribution < 1.29 is 19.2 Å². The molecule has 0 spiro atoms. The van der Waals surface area contributed by atoms with E-state index in [1.165, 1.54) is 25.3 Å². The number of imide groups is 1. The average Bonchev–Trinajstić information content (AvgIpc) is 2.89. The molecule has 138 valence electrons. The molecule has 0 bridgehead atoms. The molecular weight excluding hydrogens is 392 g/mol. The number of rotatable bonds is 5. The van der Waals surface area contributed by atoms with Gasteiger partial charge >= 0.3 is 0 Å². The maximum absolute atomic E-state index is 12.6. The number of hydrogen-bond donors (Lipinski definition) is 0. The Bertz CT molecular complexity index is 976. The topological polar surface area (TPSA) is 89.8 Å². The number of nitro groups is 1. The monoisotopic (exact) mass is 404 g/mol. The second-order valence-electron chi connectivity index (χ2n) is 5.58. The fourth-order valence-corrected chi connectivity index (χ4v) is 3.56. The maximum atomic E-state index is 12.6. The standard InChI is InChI=1S/C18H13ClN2O5S/c1-26-15-6-5-13(19)8-12(15)9-16-17(22)20(18(23)27-16)10-11-3-2-4-14(7-11)21(24)25/h2-9H,10H2,1H3/b16-9+. The first kappa shape index (κ1) is 18.9. The van der Waals surface area contributed by atoms with Crippen LogP contribution < -0.4 is 4.74 Å². The van der Waals surface area contributed by atoms with Gasteiger partial charge in [-0.3, -0.25) is 24.6 Å². The van der Waals surface area contributed by atoms with E-state index in [0.29, 0.717) is 21.9 Å². The molecule has 1 saturated heterocycles. The lowest BCUT2D eigenvalue weighted by Gasteiger charge is -2.12. The minimum Gasteiger partial charge on any atom is -0.496 e. The summed E-state index contributed by atoms with van der Waals surface area (Å²) in [6.07, 6.45) is 1.54. The van der Waals surface area contributed by atoms with Crippen LogP contribution in [-0.2, 0) is 11.3 Å². The molecule has 2 amide bonds. The van der Waals surface area contributed by atoms with E-state index in [1.807, 2.05) is 0 Å². The van der Waals surface area contributed by atoms with E-state index in [1.54, 1.807) is 30.3 Å². The Balaban J connectivity index is 1.86. The molecule has 2 aromatic rings. The molecule has 3 rings (SSSR count). The van der Waals surface area contributed by atoms with Gasteiger partial charge in [0.1, 0.15) is 5.75 Å². The number of non-ortho nitro benzene ring substituents is 1. The summed E-state index contributed by atoms with van der Waals surface area (Å²) in [5.41, 5.74) is 0.970. The molecule has 0 radical (unpaired) electrons. The van der Waals surface area contributed by atoms with E-state index < -0.39 is 16.1 Å². The molecule has 0 aromatic heterocycles. The van der Waals surface area contributed by atoms with Gasteiger partial charge in [-0.15, -0.1) is 0 Å². The minimum absolute atomic E-state index is 0.0453. The SMILES string of the molecule is COc1ccc(Cl)cc1/C=C1/SC(=O)N(Cc2cccc([N+](=O)[O-])c2)C1=O. The van der Waals surface area contributed by atoms with Crippen LogP contribution in [-0.4, -0.2) is 28.1 Å². The van der Waals surface area contributed by atoms with Crippen molar-refractivity contribution in [3.05, 3.63) is 73.6 Å². The van der Waals surface area contributed by atoms with Gasteiger partial charge in [0.25, 0.3) is 16.8 Å². The summed E-state index contributed by atoms with van der Waals surface area (Å²) in [7, 11) is 1.49. The van der Waals surface area contributed by atoms with Gasteiger partial charge < -0.3 is 4.74 Å². The zero-order valence-corrected chi connectivity index (χ0v) is 15.6. The number of hydrogen-bond acceptors (Lipinski definition) is 6. The average molecular weight is 405 g/mol. The summed E-state index contributed by atoms with van der Waals surface area (Å²) in [6.45, 7) is -0.0453. The molecular formula is C18H13ClN2O5S. The molecule has 7 nitrogen and oxygen atoms in total. The van der Waals surface area contributed by atoms with Crippen molar-refractivity contribution in [1.29, 1.82) is 0 Å². The highest BCUT2D eigenvalue weighted by molar-refractivity contribution is 8.18. The highest BCUT2D eigenvalue weighted by Crippen LogP contribution is 2.35. The Morgan fingerprint density at radius 3 is 2.74 bits per heavy atom. The predicted octanol–water partition coefficient (Wildman–Crippen LogP) is 4.49. The van der Waals surface area contributed by atoms with Gasteiger partial charge in [0.05, 0.1) is 23.5 Å². The van der Waals surface area contributed by atoms with Crippen LogP contribution in [0, 0.1) is 10.1 Å². The summed E-state index contributed by atoms with van der Waals surface area (Å²) in [6, 6.07) is 10.8. The van der Waals surface area contributed by atoms with E-state index >= 15 is 0 Å². The lowest BCUT2D eigenvalue weighted by atomic mass is 10.1. The third-order valence-corrected chi connectivity index (χ3v) is 4.96. The molecule has 1 aliphatic rings. The Labute approximate surface area is 163 Å². The van der Waals surface area contributed by atoms with Crippen LogP contribution in [0.25, 0.3) is 6.08 Å². The first-order valence-electron chi connectivity index (χ1n) is 7.71. The predicted molar refractivity (Wildman–Crippen MR) is 103 cm³/mol. The Morgan fingerprint density at radius 1 is 1.26 bits per heavy atom. The summed E-state index contributed by atoms with van der Waals surface area (Å²) < 4.78 is 5.24. The van der Waals surface area contributed by atoms with Crippen LogP contribution in [0.1, 0.15) is 11.1 Å². The van der Waals surface area contributed by atoms with Gasteiger partial charge in [0.2, 0.25) is 0 Å². The fraction of sp³-hybridized carbons (Fsp3) is 0.111. The van der Waals surface area contributed by atoms with Crippen LogP contribution >= 0.6 is 23.4 Å². The molecule has 0 aliphatic carbocycles. The number of amides is 2. The van der Waals surface area contributed by atoms with Crippen molar-refractivity contribution in [2.24, 2.45) is 0 Å². The van der Waals surface area contributed by atoms with Crippen molar-refractivity contribution in [2.45, 2.75) is 6.54 Å². The highest BCUT2D eigenvalue weighted by atomic mass is 35.5. The number of nitro benzene ring substituents is 1. The van der Waals surface area contributed by atoms with Crippen molar-refractivity contribution >= 4 is 46.3 Å². The van der Waals surface area contributed by atoms with Gasteiger partial charge in [0, 0.05) is 22.7 Å². The molecule has 9 heteroatoms. The van der Waals surface area contributed by atoms with Crippen LogP contribution in [0.15, 0.2) is 47.4 Å². The summed E-state index contributed by atoms with van der Waals surface area (Å²) in [4.78, 5) is 36.5. The summed E-state index contributed by atoms with van der Waals surface area (Å²) >= 11 is 6.79. The third kappa shape index (κ3) is 4.12. The number of carbonyl (C=O) groups excluding carboxylic acids is 2. The second-order valence-corrected chi connectivity index (χ2v) is 7.01. The lowest BCUT2D eigenvalue weighted by molar-refractivity contribution is -0.384. The molecule has 1 fully saturated rings. The summed E-state index contributed by atoms with van der Waals surface area (Å²) in [5.74, 6) is 0.0448. The highest BCUT2D eigenvalue weighted by Gasteiger charge is 2.35. The largest absolute Gasteiger partial charge is 0.496 e. The molecule has 1 heterocycles. The number of halogens is 1. The first-order valence-corrected chi connectivity index (χ1v) is 8.90. The fourth-order valence-electron chi connectivity index (χ4n) is 2.55. The van der Waals surface area contributed by atoms with E-state index in [0.717, 1.165) is 16.7 Å². The van der Waals surface area contributed by atoms with Crippen molar-refractivity contribution in [3.8, 4) is 5.75 Å². The molecule has 0 unspecified atom stereocenters. The van der Waals surface area contributed by atoms with Crippen molar-refractivity contribution in [1.82, 2.24) is 4.90 Å². The molecule has 0 N–H and O–H groups in total. The normalized spacial score (nSPS) is 15.5. The Hall–Kier alpha value is -2.84. The van der Waals surface area contributed by atoms with Gasteiger partial charge in [-0.2, -0.15) is 0 Å². The van der Waals surface area contributed by atoms with Gasteiger partial charge in [0.15, 0.2) is 0 Å². The second kappa shape index (κ2) is 7.81. The smallest absolute Gasteiger partial charge is 0.293 e. The molecule has 0 saturated carbocycles. The van der Waals surface area contributed by atoms with E-state index in [4.69, 9.17) is 16.3 Å². The number of thioether (sulfide) groups is 1. The van der Waals surface area contributed by atoms with Crippen molar-refractivity contribution in [3.63, 3.8) is 0 Å². The van der Waals surface area contributed by atoms with E-state index in [9.17, 15) is 19.7 Å². The van der Waals surface area contributed by atoms with Crippen LogP contribution in [0.4, 0.5) is 10.5 Å². The van der Waals surface area contributed by atoms with Crippen LogP contribution in [0.5, 0.6) is 5.75 Å². The van der Waals surface area contributed by atoms with Gasteiger partial charge in [-0.1, -0.05) is 23.7 Å². The number of benzene rings is 2. The summed E-state index contributed by atoms with van der Waals surface area (Å²) in [5, 5.41) is 10.9. The number of ether oxygens (including phenoxy) is 1. The van der Waals surface area contributed by atoms with Crippen LogP contribution in [0.2, 0.25) is 5.02 Å². The number of methoxy groups -OCH3 is 1. The maximum Gasteiger partial charge on any atom is 0.293 e. The zero-order chi connectivity index (χ0) is 19.6. The van der Waals surface area contributed by atoms with Crippen LogP contribution in [0.3, 0.4) is 0 Å². The Kier molecular flexibility index (Phi) is 5.48. The Morgan fingerprint density at radius 2 is 2.04 bits per heavy atom.